The van der Waals surface area contributed by atoms with E-state index in [9.17, 15) is 5.11 Å². The average Bonchev–Trinajstić information content (AvgIpc) is 2.40. The normalized spacial score (nSPS) is 14.9. The van der Waals surface area contributed by atoms with E-state index in [-0.39, 0.29) is 5.54 Å². The molecule has 0 rings (SSSR count). The molecule has 0 radical (unpaired) electrons. The van der Waals surface area contributed by atoms with Crippen molar-refractivity contribution < 1.29 is 9.84 Å². The largest absolute Gasteiger partial charge is 0.389 e. The maximum atomic E-state index is 9.81. The maximum Gasteiger partial charge on any atom is 0.0898 e. The molecule has 0 heterocycles. The highest BCUT2D eigenvalue weighted by Gasteiger charge is 2.15. The van der Waals surface area contributed by atoms with Gasteiger partial charge in [0.2, 0.25) is 0 Å². The SMILES string of the molecule is C#CC(C)(C)NCC(O)COCC(CC)CCCC. The topological polar surface area (TPSA) is 41.5 Å². The molecule has 19 heavy (non-hydrogen) atoms. The lowest BCUT2D eigenvalue weighted by Gasteiger charge is -2.22. The Labute approximate surface area is 119 Å². The van der Waals surface area contributed by atoms with Gasteiger partial charge in [-0.25, -0.2) is 0 Å². The molecule has 0 aliphatic carbocycles. The Bertz CT molecular complexity index is 258. The predicted molar refractivity (Wildman–Crippen MR) is 81.0 cm³/mol. The molecule has 2 atom stereocenters. The fourth-order valence-electron chi connectivity index (χ4n) is 1.75. The number of unbranched alkanes of at least 4 members (excludes halogenated alkanes) is 1. The van der Waals surface area contributed by atoms with Gasteiger partial charge in [-0.15, -0.1) is 6.42 Å². The van der Waals surface area contributed by atoms with E-state index in [2.05, 4.69) is 25.1 Å². The first-order valence-corrected chi connectivity index (χ1v) is 7.43. The predicted octanol–water partition coefficient (Wildman–Crippen LogP) is 2.58. The van der Waals surface area contributed by atoms with Gasteiger partial charge in [-0.3, -0.25) is 5.32 Å². The second kappa shape index (κ2) is 10.3. The number of hydrogen-bond donors (Lipinski definition) is 2. The van der Waals surface area contributed by atoms with Gasteiger partial charge in [0, 0.05) is 13.2 Å². The zero-order valence-electron chi connectivity index (χ0n) is 13.0. The number of aliphatic hydroxyl groups is 1. The van der Waals surface area contributed by atoms with E-state index in [1.165, 1.54) is 19.3 Å². The Morgan fingerprint density at radius 1 is 1.32 bits per heavy atom. The van der Waals surface area contributed by atoms with Gasteiger partial charge in [-0.1, -0.05) is 39.0 Å². The number of β-amino-alcohol motifs (C(OH)–C–C–N with tert-alkyl or cyclic N) is 1. The molecule has 3 heteroatoms. The highest BCUT2D eigenvalue weighted by atomic mass is 16.5. The molecular weight excluding hydrogens is 238 g/mol. The van der Waals surface area contributed by atoms with Crippen LogP contribution in [0.3, 0.4) is 0 Å². The van der Waals surface area contributed by atoms with Crippen molar-refractivity contribution in [1.29, 1.82) is 0 Å². The number of aliphatic hydroxyl groups excluding tert-OH is 1. The second-order valence-electron chi connectivity index (χ2n) is 5.76. The van der Waals surface area contributed by atoms with Gasteiger partial charge in [0.25, 0.3) is 0 Å². The van der Waals surface area contributed by atoms with Crippen LogP contribution in [0.15, 0.2) is 0 Å². The third kappa shape index (κ3) is 9.95. The van der Waals surface area contributed by atoms with Crippen LogP contribution in [0, 0.1) is 18.3 Å². The summed E-state index contributed by atoms with van der Waals surface area (Å²) in [5.74, 6) is 3.25. The Balaban J connectivity index is 3.73. The van der Waals surface area contributed by atoms with Gasteiger partial charge in [-0.05, 0) is 26.2 Å². The van der Waals surface area contributed by atoms with Crippen LogP contribution in [-0.4, -0.2) is 36.5 Å². The summed E-state index contributed by atoms with van der Waals surface area (Å²) >= 11 is 0. The molecule has 0 aromatic carbocycles. The minimum absolute atomic E-state index is 0.371. The molecule has 0 amide bonds. The molecule has 3 nitrogen and oxygen atoms in total. The average molecular weight is 269 g/mol. The van der Waals surface area contributed by atoms with Crippen LogP contribution in [0.4, 0.5) is 0 Å². The fraction of sp³-hybridized carbons (Fsp3) is 0.875. The molecule has 2 N–H and O–H groups in total. The number of rotatable bonds is 11. The van der Waals surface area contributed by atoms with Gasteiger partial charge < -0.3 is 9.84 Å². The monoisotopic (exact) mass is 269 g/mol. The van der Waals surface area contributed by atoms with Crippen LogP contribution >= 0.6 is 0 Å². The first-order valence-electron chi connectivity index (χ1n) is 7.43. The maximum absolute atomic E-state index is 9.81. The van der Waals surface area contributed by atoms with Gasteiger partial charge in [0.1, 0.15) is 0 Å². The van der Waals surface area contributed by atoms with Crippen molar-refractivity contribution in [3.63, 3.8) is 0 Å². The summed E-state index contributed by atoms with van der Waals surface area (Å²) in [7, 11) is 0. The molecule has 0 saturated carbocycles. The van der Waals surface area contributed by atoms with Crippen LogP contribution < -0.4 is 5.32 Å². The zero-order chi connectivity index (χ0) is 14.7. The second-order valence-corrected chi connectivity index (χ2v) is 5.76. The Kier molecular flexibility index (Phi) is 9.95. The third-order valence-corrected chi connectivity index (χ3v) is 3.35. The van der Waals surface area contributed by atoms with Crippen molar-refractivity contribution >= 4 is 0 Å². The summed E-state index contributed by atoms with van der Waals surface area (Å²) in [6.07, 6.45) is 9.70. The molecule has 2 unspecified atom stereocenters. The number of nitrogens with one attached hydrogen (secondary N) is 1. The third-order valence-electron chi connectivity index (χ3n) is 3.35. The van der Waals surface area contributed by atoms with Crippen molar-refractivity contribution in [2.45, 2.75) is 65.0 Å². The fourth-order valence-corrected chi connectivity index (χ4v) is 1.75. The summed E-state index contributed by atoms with van der Waals surface area (Å²) in [4.78, 5) is 0. The summed E-state index contributed by atoms with van der Waals surface area (Å²) in [5, 5.41) is 12.9. The highest BCUT2D eigenvalue weighted by Crippen LogP contribution is 2.12. The molecule has 0 aromatic heterocycles. The van der Waals surface area contributed by atoms with Crippen LogP contribution in [0.1, 0.15) is 53.4 Å². The minimum atomic E-state index is -0.503. The minimum Gasteiger partial charge on any atom is -0.389 e. The molecule has 0 saturated heterocycles. The molecule has 0 fully saturated rings. The van der Waals surface area contributed by atoms with Gasteiger partial charge in [0.05, 0.1) is 18.2 Å². The summed E-state index contributed by atoms with van der Waals surface area (Å²) < 4.78 is 5.60. The molecular formula is C16H31NO2. The van der Waals surface area contributed by atoms with E-state index in [1.54, 1.807) is 0 Å². The molecule has 0 spiro atoms. The lowest BCUT2D eigenvalue weighted by molar-refractivity contribution is 0.0177. The van der Waals surface area contributed by atoms with Crippen LogP contribution in [0.25, 0.3) is 0 Å². The van der Waals surface area contributed by atoms with Crippen molar-refractivity contribution in [2.24, 2.45) is 5.92 Å². The molecule has 112 valence electrons. The smallest absolute Gasteiger partial charge is 0.0898 e. The van der Waals surface area contributed by atoms with E-state index in [0.717, 1.165) is 13.0 Å². The Morgan fingerprint density at radius 3 is 2.53 bits per heavy atom. The number of ether oxygens (including phenoxy) is 1. The van der Waals surface area contributed by atoms with Crippen molar-refractivity contribution in [2.75, 3.05) is 19.8 Å². The van der Waals surface area contributed by atoms with Crippen LogP contribution in [-0.2, 0) is 4.74 Å². The lowest BCUT2D eigenvalue weighted by Crippen LogP contribution is -2.43. The van der Waals surface area contributed by atoms with E-state index in [4.69, 9.17) is 11.2 Å². The lowest BCUT2D eigenvalue weighted by atomic mass is 10.0. The van der Waals surface area contributed by atoms with Crippen LogP contribution in [0.5, 0.6) is 0 Å². The first kappa shape index (κ1) is 18.4. The first-order chi connectivity index (χ1) is 8.95. The Hall–Kier alpha value is -0.560. The van der Waals surface area contributed by atoms with Crippen molar-refractivity contribution in [1.82, 2.24) is 5.32 Å². The van der Waals surface area contributed by atoms with E-state index in [1.807, 2.05) is 13.8 Å². The van der Waals surface area contributed by atoms with Gasteiger partial charge in [-0.2, -0.15) is 0 Å². The Morgan fingerprint density at radius 2 is 2.00 bits per heavy atom. The van der Waals surface area contributed by atoms with E-state index in [0.29, 0.717) is 19.1 Å². The quantitative estimate of drug-likeness (QED) is 0.567. The highest BCUT2D eigenvalue weighted by molar-refractivity contribution is 5.07. The molecule has 0 aromatic rings. The van der Waals surface area contributed by atoms with Crippen LogP contribution in [0.2, 0.25) is 0 Å². The molecule has 0 bridgehead atoms. The summed E-state index contributed by atoms with van der Waals surface area (Å²) in [6.45, 7) is 9.80. The van der Waals surface area contributed by atoms with Crippen molar-refractivity contribution in [3.05, 3.63) is 0 Å². The van der Waals surface area contributed by atoms with Gasteiger partial charge in [0.15, 0.2) is 0 Å². The van der Waals surface area contributed by atoms with E-state index >= 15 is 0 Å². The molecule has 0 aliphatic rings. The standard InChI is InChI=1S/C16H31NO2/c1-6-9-10-14(7-2)12-19-13-15(18)11-17-16(4,5)8-3/h3,14-15,17-18H,6-7,9-13H2,1-2,4-5H3. The zero-order valence-corrected chi connectivity index (χ0v) is 13.0. The number of terminal acetylenes is 1. The molecule has 0 aliphatic heterocycles. The summed E-state index contributed by atoms with van der Waals surface area (Å²) in [6, 6.07) is 0. The summed E-state index contributed by atoms with van der Waals surface area (Å²) in [5.41, 5.74) is -0.381. The number of hydrogen-bond acceptors (Lipinski definition) is 3. The van der Waals surface area contributed by atoms with Gasteiger partial charge >= 0.3 is 0 Å². The van der Waals surface area contributed by atoms with Crippen molar-refractivity contribution in [3.8, 4) is 12.3 Å². The van der Waals surface area contributed by atoms with E-state index < -0.39 is 6.10 Å².